The molecule has 0 atom stereocenters. The van der Waals surface area contributed by atoms with E-state index in [9.17, 15) is 0 Å². The molecule has 60 valence electrons. The van der Waals surface area contributed by atoms with Crippen molar-refractivity contribution in [2.45, 2.75) is 13.0 Å². The minimum absolute atomic E-state index is 1.07. The Kier molecular flexibility index (Phi) is 1.77. The molecular formula is C7H11N3S. The molecular weight excluding hydrogens is 158 g/mol. The van der Waals surface area contributed by atoms with Crippen molar-refractivity contribution >= 4 is 17.8 Å². The molecule has 11 heavy (non-hydrogen) atoms. The van der Waals surface area contributed by atoms with E-state index in [-0.39, 0.29) is 0 Å². The van der Waals surface area contributed by atoms with E-state index in [4.69, 9.17) is 0 Å². The van der Waals surface area contributed by atoms with Gasteiger partial charge in [-0.25, -0.2) is 4.68 Å². The van der Waals surface area contributed by atoms with Crippen LogP contribution in [-0.2, 0) is 6.54 Å². The van der Waals surface area contributed by atoms with Crippen LogP contribution in [0, 0.1) is 0 Å². The third-order valence-corrected chi connectivity index (χ3v) is 2.71. The smallest absolute Gasteiger partial charge is 0.136 e. The molecule has 0 fully saturated rings. The fraction of sp³-hybridized carbons (Fsp3) is 0.571. The maximum absolute atomic E-state index is 4.22. The van der Waals surface area contributed by atoms with Gasteiger partial charge in [0.1, 0.15) is 5.82 Å². The number of aryl methyl sites for hydroxylation is 1. The highest BCUT2D eigenvalue weighted by Gasteiger charge is 2.15. The summed E-state index contributed by atoms with van der Waals surface area (Å²) in [6.07, 6.45) is 5.17. The first-order valence-corrected chi connectivity index (χ1v) is 4.93. The van der Waals surface area contributed by atoms with Gasteiger partial charge in [-0.15, -0.1) is 0 Å². The molecule has 0 spiro atoms. The van der Waals surface area contributed by atoms with E-state index in [1.165, 1.54) is 12.2 Å². The van der Waals surface area contributed by atoms with E-state index in [2.05, 4.69) is 26.4 Å². The quantitative estimate of drug-likeness (QED) is 0.592. The second-order valence-electron chi connectivity index (χ2n) is 2.55. The van der Waals surface area contributed by atoms with Gasteiger partial charge in [0.15, 0.2) is 0 Å². The Bertz CT molecular complexity index is 246. The summed E-state index contributed by atoms with van der Waals surface area (Å²) >= 11 is 1.77. The van der Waals surface area contributed by atoms with Gasteiger partial charge in [0, 0.05) is 25.4 Å². The largest absolute Gasteiger partial charge is 0.301 e. The van der Waals surface area contributed by atoms with E-state index in [1.54, 1.807) is 11.9 Å². The average molecular weight is 169 g/mol. The van der Waals surface area contributed by atoms with Crippen molar-refractivity contribution in [3.63, 3.8) is 0 Å². The molecule has 2 heterocycles. The van der Waals surface area contributed by atoms with Gasteiger partial charge >= 0.3 is 0 Å². The maximum Gasteiger partial charge on any atom is 0.136 e. The van der Waals surface area contributed by atoms with E-state index in [0.717, 1.165) is 13.1 Å². The normalized spacial score (nSPS) is 16.6. The van der Waals surface area contributed by atoms with Crippen LogP contribution < -0.4 is 4.31 Å². The van der Waals surface area contributed by atoms with Crippen LogP contribution >= 0.6 is 11.9 Å². The summed E-state index contributed by atoms with van der Waals surface area (Å²) in [5, 5.41) is 4.22. The molecule has 0 amide bonds. The number of anilines is 1. The molecule has 2 rings (SSSR count). The molecule has 1 aliphatic heterocycles. The molecule has 1 aromatic rings. The van der Waals surface area contributed by atoms with Crippen molar-refractivity contribution in [1.29, 1.82) is 0 Å². The Hall–Kier alpha value is -0.640. The van der Waals surface area contributed by atoms with Gasteiger partial charge in [0.2, 0.25) is 0 Å². The minimum Gasteiger partial charge on any atom is -0.301 e. The van der Waals surface area contributed by atoms with Crippen LogP contribution in [-0.4, -0.2) is 22.6 Å². The number of hydrogen-bond acceptors (Lipinski definition) is 3. The molecule has 0 saturated carbocycles. The van der Waals surface area contributed by atoms with Crippen LogP contribution in [0.3, 0.4) is 0 Å². The van der Waals surface area contributed by atoms with Crippen molar-refractivity contribution in [2.24, 2.45) is 0 Å². The van der Waals surface area contributed by atoms with E-state index in [1.807, 2.05) is 6.20 Å². The Morgan fingerprint density at radius 1 is 1.55 bits per heavy atom. The monoisotopic (exact) mass is 169 g/mol. The zero-order chi connectivity index (χ0) is 7.68. The molecule has 0 unspecified atom stereocenters. The second-order valence-corrected chi connectivity index (χ2v) is 3.36. The van der Waals surface area contributed by atoms with Crippen LogP contribution in [0.2, 0.25) is 0 Å². The van der Waals surface area contributed by atoms with Crippen LogP contribution in [0.1, 0.15) is 6.42 Å². The number of fused-ring (bicyclic) bond motifs is 1. The maximum atomic E-state index is 4.22. The van der Waals surface area contributed by atoms with Gasteiger partial charge in [-0.1, -0.05) is 11.9 Å². The van der Waals surface area contributed by atoms with Gasteiger partial charge in [-0.3, -0.25) is 0 Å². The lowest BCUT2D eigenvalue weighted by atomic mass is 10.3. The molecule has 0 bridgehead atoms. The lowest BCUT2D eigenvalue weighted by Crippen LogP contribution is -2.25. The standard InChI is InChI=1S/C7H11N3S/c1-11-10-6-2-5-9-7(10)3-4-8-9/h3-4H,2,5-6H2,1H3. The first kappa shape index (κ1) is 7.03. The third kappa shape index (κ3) is 1.11. The third-order valence-electron chi connectivity index (χ3n) is 1.90. The van der Waals surface area contributed by atoms with Crippen LogP contribution in [0.25, 0.3) is 0 Å². The molecule has 0 radical (unpaired) electrons. The summed E-state index contributed by atoms with van der Waals surface area (Å²) < 4.78 is 4.33. The zero-order valence-corrected chi connectivity index (χ0v) is 7.34. The minimum atomic E-state index is 1.07. The Morgan fingerprint density at radius 2 is 2.45 bits per heavy atom. The molecule has 4 heteroatoms. The first-order chi connectivity index (χ1) is 5.42. The van der Waals surface area contributed by atoms with Crippen LogP contribution in [0.15, 0.2) is 12.3 Å². The molecule has 1 aromatic heterocycles. The molecule has 3 nitrogen and oxygen atoms in total. The van der Waals surface area contributed by atoms with Crippen molar-refractivity contribution in [1.82, 2.24) is 9.78 Å². The van der Waals surface area contributed by atoms with E-state index >= 15 is 0 Å². The van der Waals surface area contributed by atoms with Crippen LogP contribution in [0.4, 0.5) is 5.82 Å². The zero-order valence-electron chi connectivity index (χ0n) is 6.53. The molecule has 0 N–H and O–H groups in total. The highest BCUT2D eigenvalue weighted by Crippen LogP contribution is 2.24. The summed E-state index contributed by atoms with van der Waals surface area (Å²) in [6.45, 7) is 2.21. The highest BCUT2D eigenvalue weighted by molar-refractivity contribution is 7.99. The predicted molar refractivity (Wildman–Crippen MR) is 47.7 cm³/mol. The van der Waals surface area contributed by atoms with Gasteiger partial charge < -0.3 is 4.31 Å². The number of rotatable bonds is 1. The summed E-state index contributed by atoms with van der Waals surface area (Å²) in [5.74, 6) is 1.24. The average Bonchev–Trinajstić information content (AvgIpc) is 2.50. The summed E-state index contributed by atoms with van der Waals surface area (Å²) in [6, 6.07) is 2.07. The molecule has 0 saturated heterocycles. The van der Waals surface area contributed by atoms with E-state index in [0.29, 0.717) is 0 Å². The number of aromatic nitrogens is 2. The van der Waals surface area contributed by atoms with Crippen LogP contribution in [0.5, 0.6) is 0 Å². The molecule has 1 aliphatic rings. The summed E-state index contributed by atoms with van der Waals surface area (Å²) in [4.78, 5) is 0. The molecule has 0 aliphatic carbocycles. The first-order valence-electron chi connectivity index (χ1n) is 3.75. The Labute approximate surface area is 70.5 Å². The van der Waals surface area contributed by atoms with Gasteiger partial charge in [-0.2, -0.15) is 5.10 Å². The highest BCUT2D eigenvalue weighted by atomic mass is 32.2. The summed E-state index contributed by atoms with van der Waals surface area (Å²) in [7, 11) is 0. The molecule has 0 aromatic carbocycles. The SMILES string of the molecule is CSN1CCCn2nccc21. The second kappa shape index (κ2) is 2.77. The fourth-order valence-electron chi connectivity index (χ4n) is 1.37. The Morgan fingerprint density at radius 3 is 3.27 bits per heavy atom. The lowest BCUT2D eigenvalue weighted by Gasteiger charge is -2.26. The van der Waals surface area contributed by atoms with Gasteiger partial charge in [0.05, 0.1) is 6.20 Å². The van der Waals surface area contributed by atoms with Crippen molar-refractivity contribution in [2.75, 3.05) is 17.1 Å². The van der Waals surface area contributed by atoms with Crippen molar-refractivity contribution in [3.05, 3.63) is 12.3 Å². The Balaban J connectivity index is 2.32. The topological polar surface area (TPSA) is 21.1 Å². The lowest BCUT2D eigenvalue weighted by molar-refractivity contribution is 0.553. The predicted octanol–water partition coefficient (Wildman–Crippen LogP) is 1.37. The number of hydrogen-bond donors (Lipinski definition) is 0. The fourth-order valence-corrected chi connectivity index (χ4v) is 2.03. The van der Waals surface area contributed by atoms with E-state index < -0.39 is 0 Å². The summed E-state index contributed by atoms with van der Waals surface area (Å²) in [5.41, 5.74) is 0. The van der Waals surface area contributed by atoms with Gasteiger partial charge in [-0.05, 0) is 6.42 Å². The van der Waals surface area contributed by atoms with Gasteiger partial charge in [0.25, 0.3) is 0 Å². The van der Waals surface area contributed by atoms with Crippen molar-refractivity contribution in [3.8, 4) is 0 Å². The number of nitrogens with zero attached hydrogens (tertiary/aromatic N) is 3. The van der Waals surface area contributed by atoms with Crippen molar-refractivity contribution < 1.29 is 0 Å².